The van der Waals surface area contributed by atoms with Gasteiger partial charge in [-0.05, 0) is 72.3 Å². The molecule has 1 aromatic heterocycles. The van der Waals surface area contributed by atoms with E-state index in [1.807, 2.05) is 0 Å². The average Bonchev–Trinajstić information content (AvgIpc) is 3.01. The number of carbonyl (C=O) groups is 1. The number of hydrogen-bond donors (Lipinski definition) is 0. The summed E-state index contributed by atoms with van der Waals surface area (Å²) < 4.78 is 17.2. The smallest absolute Gasteiger partial charge is 0.343 e. The first kappa shape index (κ1) is 26.8. The molecule has 0 N–H and O–H groups in total. The highest BCUT2D eigenvalue weighted by Crippen LogP contribution is 2.29. The van der Waals surface area contributed by atoms with E-state index in [9.17, 15) is 19.7 Å². The van der Waals surface area contributed by atoms with Crippen molar-refractivity contribution in [3.63, 3.8) is 0 Å². The van der Waals surface area contributed by atoms with Crippen molar-refractivity contribution in [2.24, 2.45) is 5.10 Å². The second-order valence-electron chi connectivity index (χ2n) is 8.65. The molecule has 5 aromatic rings. The number of benzene rings is 4. The van der Waals surface area contributed by atoms with E-state index in [-0.39, 0.29) is 23.0 Å². The van der Waals surface area contributed by atoms with Crippen LogP contribution in [0.1, 0.15) is 15.9 Å². The van der Waals surface area contributed by atoms with Gasteiger partial charge in [0, 0.05) is 17.7 Å². The summed E-state index contributed by atoms with van der Waals surface area (Å²) in [4.78, 5) is 41.2. The lowest BCUT2D eigenvalue weighted by Gasteiger charge is -2.11. The Morgan fingerprint density at radius 3 is 2.34 bits per heavy atom. The SMILES string of the molecule is COc1ccc(C(=O)Oc2ccc(C=Nn3c(-c4ccc([N+](=O)[O-])cc4)nc4ccccc4c3=O)cc2OC)cc1. The summed E-state index contributed by atoms with van der Waals surface area (Å²) in [7, 11) is 2.97. The van der Waals surface area contributed by atoms with Gasteiger partial charge in [0.25, 0.3) is 11.2 Å². The molecule has 0 fully saturated rings. The van der Waals surface area contributed by atoms with E-state index in [1.54, 1.807) is 66.7 Å². The number of hydrogen-bond acceptors (Lipinski definition) is 9. The molecule has 0 aliphatic rings. The van der Waals surface area contributed by atoms with Crippen LogP contribution in [0.5, 0.6) is 17.2 Å². The van der Waals surface area contributed by atoms with Gasteiger partial charge >= 0.3 is 5.97 Å². The van der Waals surface area contributed by atoms with Crippen molar-refractivity contribution >= 4 is 28.8 Å². The molecule has 0 radical (unpaired) electrons. The van der Waals surface area contributed by atoms with E-state index < -0.39 is 16.5 Å². The fourth-order valence-electron chi connectivity index (χ4n) is 4.01. The molecule has 0 aliphatic carbocycles. The third-order valence-corrected chi connectivity index (χ3v) is 6.13. The number of nitro groups is 1. The highest BCUT2D eigenvalue weighted by Gasteiger charge is 2.15. The van der Waals surface area contributed by atoms with Crippen LogP contribution in [-0.2, 0) is 0 Å². The Bertz CT molecular complexity index is 1850. The van der Waals surface area contributed by atoms with Crippen molar-refractivity contribution in [3.8, 4) is 28.6 Å². The molecule has 0 saturated heterocycles. The second kappa shape index (κ2) is 11.5. The highest BCUT2D eigenvalue weighted by atomic mass is 16.6. The lowest BCUT2D eigenvalue weighted by Crippen LogP contribution is -2.20. The largest absolute Gasteiger partial charge is 0.497 e. The zero-order valence-corrected chi connectivity index (χ0v) is 21.9. The van der Waals surface area contributed by atoms with E-state index in [4.69, 9.17) is 14.2 Å². The monoisotopic (exact) mass is 550 g/mol. The van der Waals surface area contributed by atoms with Crippen LogP contribution in [0.4, 0.5) is 5.69 Å². The van der Waals surface area contributed by atoms with Gasteiger partial charge in [-0.15, -0.1) is 0 Å². The van der Waals surface area contributed by atoms with Gasteiger partial charge in [-0.1, -0.05) is 12.1 Å². The number of ether oxygens (including phenoxy) is 3. The van der Waals surface area contributed by atoms with Gasteiger partial charge in [0.15, 0.2) is 17.3 Å². The first-order valence-corrected chi connectivity index (χ1v) is 12.2. The molecule has 204 valence electrons. The zero-order valence-electron chi connectivity index (χ0n) is 21.9. The van der Waals surface area contributed by atoms with Crippen LogP contribution in [0.15, 0.2) is 101 Å². The lowest BCUT2D eigenvalue weighted by molar-refractivity contribution is -0.384. The lowest BCUT2D eigenvalue weighted by atomic mass is 10.1. The zero-order chi connectivity index (χ0) is 28.9. The molecule has 0 unspecified atom stereocenters. The minimum absolute atomic E-state index is 0.0909. The van der Waals surface area contributed by atoms with Crippen LogP contribution in [-0.4, -0.2) is 41.0 Å². The average molecular weight is 551 g/mol. The van der Waals surface area contributed by atoms with Crippen molar-refractivity contribution < 1.29 is 23.9 Å². The van der Waals surface area contributed by atoms with Gasteiger partial charge in [0.2, 0.25) is 0 Å². The Morgan fingerprint density at radius 2 is 1.66 bits per heavy atom. The van der Waals surface area contributed by atoms with E-state index in [2.05, 4.69) is 10.1 Å². The minimum Gasteiger partial charge on any atom is -0.497 e. The molecule has 1 heterocycles. The van der Waals surface area contributed by atoms with Gasteiger partial charge in [-0.25, -0.2) is 9.78 Å². The molecular formula is C30H22N4O7. The number of non-ortho nitro benzene ring substituents is 1. The van der Waals surface area contributed by atoms with Gasteiger partial charge in [-0.2, -0.15) is 9.78 Å². The fourth-order valence-corrected chi connectivity index (χ4v) is 4.01. The molecule has 5 rings (SSSR count). The Hall–Kier alpha value is -5.84. The van der Waals surface area contributed by atoms with Crippen LogP contribution < -0.4 is 19.8 Å². The molecule has 0 atom stereocenters. The number of fused-ring (bicyclic) bond motifs is 1. The highest BCUT2D eigenvalue weighted by molar-refractivity contribution is 5.92. The number of aromatic nitrogens is 2. The summed E-state index contributed by atoms with van der Waals surface area (Å²) in [5.41, 5.74) is 1.29. The molecule has 41 heavy (non-hydrogen) atoms. The van der Waals surface area contributed by atoms with Crippen molar-refractivity contribution in [2.75, 3.05) is 14.2 Å². The van der Waals surface area contributed by atoms with Crippen LogP contribution in [0.25, 0.3) is 22.3 Å². The molecule has 0 bridgehead atoms. The van der Waals surface area contributed by atoms with Crippen LogP contribution >= 0.6 is 0 Å². The van der Waals surface area contributed by atoms with E-state index in [0.717, 1.165) is 4.68 Å². The third kappa shape index (κ3) is 5.64. The molecular weight excluding hydrogens is 528 g/mol. The number of methoxy groups -OCH3 is 2. The second-order valence-corrected chi connectivity index (χ2v) is 8.65. The summed E-state index contributed by atoms with van der Waals surface area (Å²) in [6.45, 7) is 0. The van der Waals surface area contributed by atoms with E-state index in [0.29, 0.717) is 33.3 Å². The molecule has 0 spiro atoms. The quantitative estimate of drug-likeness (QED) is 0.0857. The van der Waals surface area contributed by atoms with Gasteiger partial charge < -0.3 is 14.2 Å². The molecule has 11 heteroatoms. The topological polar surface area (TPSA) is 135 Å². The summed E-state index contributed by atoms with van der Waals surface area (Å²) in [6, 6.07) is 23.8. The van der Waals surface area contributed by atoms with Crippen molar-refractivity contribution in [1.82, 2.24) is 9.66 Å². The predicted molar refractivity (Wildman–Crippen MR) is 152 cm³/mol. The number of para-hydroxylation sites is 1. The van der Waals surface area contributed by atoms with Crippen LogP contribution in [0.3, 0.4) is 0 Å². The summed E-state index contributed by atoms with van der Waals surface area (Å²) in [5.74, 6) is 0.711. The summed E-state index contributed by atoms with van der Waals surface area (Å²) in [5, 5.41) is 15.9. The van der Waals surface area contributed by atoms with Crippen molar-refractivity contribution in [1.29, 1.82) is 0 Å². The normalized spacial score (nSPS) is 11.0. The summed E-state index contributed by atoms with van der Waals surface area (Å²) in [6.07, 6.45) is 1.43. The van der Waals surface area contributed by atoms with Gasteiger partial charge in [-0.3, -0.25) is 14.9 Å². The molecule has 0 saturated carbocycles. The van der Waals surface area contributed by atoms with Gasteiger partial charge in [0.05, 0.1) is 41.8 Å². The minimum atomic E-state index is -0.575. The molecule has 0 amide bonds. The fraction of sp³-hybridized carbons (Fsp3) is 0.0667. The van der Waals surface area contributed by atoms with Gasteiger partial charge in [0.1, 0.15) is 5.75 Å². The number of nitrogens with zero attached hydrogens (tertiary/aromatic N) is 4. The first-order chi connectivity index (χ1) is 19.9. The Kier molecular flexibility index (Phi) is 7.50. The Balaban J connectivity index is 1.48. The molecule has 0 aliphatic heterocycles. The van der Waals surface area contributed by atoms with Crippen molar-refractivity contribution in [2.45, 2.75) is 0 Å². The number of nitro benzene ring substituents is 1. The molecule has 11 nitrogen and oxygen atoms in total. The van der Waals surface area contributed by atoms with Crippen molar-refractivity contribution in [3.05, 3.63) is 123 Å². The maximum Gasteiger partial charge on any atom is 0.343 e. The predicted octanol–water partition coefficient (Wildman–Crippen LogP) is 5.09. The third-order valence-electron chi connectivity index (χ3n) is 6.13. The van der Waals surface area contributed by atoms with E-state index in [1.165, 1.54) is 44.7 Å². The maximum absolute atomic E-state index is 13.4. The number of rotatable bonds is 8. The Labute approximate surface area is 233 Å². The number of esters is 1. The standard InChI is InChI=1S/C30H22N4O7/c1-39-23-14-10-21(11-15-23)30(36)41-26-16-7-19(17-27(26)40-2)18-31-33-28(20-8-12-22(13-9-20)34(37)38)32-25-6-4-3-5-24(25)29(33)35/h3-18H,1-2H3. The number of carbonyl (C=O) groups excluding carboxylic acids is 1. The molecule has 4 aromatic carbocycles. The first-order valence-electron chi connectivity index (χ1n) is 12.2. The summed E-state index contributed by atoms with van der Waals surface area (Å²) >= 11 is 0. The van der Waals surface area contributed by atoms with Crippen LogP contribution in [0.2, 0.25) is 0 Å². The Morgan fingerprint density at radius 1 is 0.927 bits per heavy atom. The van der Waals surface area contributed by atoms with Crippen LogP contribution in [0, 0.1) is 10.1 Å². The van der Waals surface area contributed by atoms with E-state index >= 15 is 0 Å². The maximum atomic E-state index is 13.4.